The first-order valence-corrected chi connectivity index (χ1v) is 12.3. The molecule has 0 spiro atoms. The number of benzene rings is 1. The number of carbonyl (C=O) groups is 3. The quantitative estimate of drug-likeness (QED) is 0.451. The van der Waals surface area contributed by atoms with E-state index in [0.717, 1.165) is 19.5 Å². The first-order chi connectivity index (χ1) is 15.5. The second kappa shape index (κ2) is 10.4. The molecular formula is C24H30N4O3S. The third-order valence-corrected chi connectivity index (χ3v) is 7.16. The van der Waals surface area contributed by atoms with E-state index in [1.54, 1.807) is 35.6 Å². The smallest absolute Gasteiger partial charge is 0.261 e. The molecule has 1 atom stereocenters. The van der Waals surface area contributed by atoms with Gasteiger partial charge < -0.3 is 5.32 Å². The normalized spacial score (nSPS) is 18.8. The third-order valence-electron chi connectivity index (χ3n) is 6.26. The van der Waals surface area contributed by atoms with Crippen molar-refractivity contribution >= 4 is 34.2 Å². The summed E-state index contributed by atoms with van der Waals surface area (Å²) in [6.07, 6.45) is 8.24. The highest BCUT2D eigenvalue weighted by Crippen LogP contribution is 2.25. The minimum Gasteiger partial charge on any atom is -0.302 e. The molecule has 0 aliphatic carbocycles. The average molecular weight is 455 g/mol. The van der Waals surface area contributed by atoms with Crippen LogP contribution in [0.1, 0.15) is 77.5 Å². The summed E-state index contributed by atoms with van der Waals surface area (Å²) in [6, 6.07) is 7.52. The number of hydrogen-bond acceptors (Lipinski definition) is 6. The highest BCUT2D eigenvalue weighted by atomic mass is 32.1. The molecule has 32 heavy (non-hydrogen) atoms. The van der Waals surface area contributed by atoms with Gasteiger partial charge in [-0.1, -0.05) is 25.0 Å². The Bertz CT molecular complexity index is 954. The molecule has 4 rings (SSSR count). The number of carbonyl (C=O) groups excluding carboxylic acids is 3. The fourth-order valence-corrected chi connectivity index (χ4v) is 5.24. The number of hydrogen-bond donors (Lipinski definition) is 1. The van der Waals surface area contributed by atoms with Crippen LogP contribution < -0.4 is 5.32 Å². The van der Waals surface area contributed by atoms with Gasteiger partial charge in [-0.3, -0.25) is 24.2 Å². The van der Waals surface area contributed by atoms with Crippen LogP contribution in [-0.4, -0.2) is 51.6 Å². The summed E-state index contributed by atoms with van der Waals surface area (Å²) in [4.78, 5) is 46.3. The Morgan fingerprint density at radius 2 is 1.88 bits per heavy atom. The topological polar surface area (TPSA) is 82.6 Å². The van der Waals surface area contributed by atoms with Crippen molar-refractivity contribution in [3.63, 3.8) is 0 Å². The summed E-state index contributed by atoms with van der Waals surface area (Å²) in [5.74, 6) is -0.485. The Morgan fingerprint density at radius 1 is 1.12 bits per heavy atom. The molecule has 8 heteroatoms. The summed E-state index contributed by atoms with van der Waals surface area (Å²) in [5.41, 5.74) is 0.962. The molecule has 0 saturated carbocycles. The van der Waals surface area contributed by atoms with E-state index >= 15 is 0 Å². The van der Waals surface area contributed by atoms with Crippen molar-refractivity contribution in [1.82, 2.24) is 14.8 Å². The van der Waals surface area contributed by atoms with Gasteiger partial charge in [-0.05, 0) is 51.3 Å². The lowest BCUT2D eigenvalue weighted by molar-refractivity contribution is -0.116. The second-order valence-corrected chi connectivity index (χ2v) is 9.73. The monoisotopic (exact) mass is 454 g/mol. The number of piperidine rings is 1. The van der Waals surface area contributed by atoms with Gasteiger partial charge in [0.25, 0.3) is 11.8 Å². The van der Waals surface area contributed by atoms with E-state index in [0.29, 0.717) is 48.1 Å². The van der Waals surface area contributed by atoms with Gasteiger partial charge in [0.1, 0.15) is 0 Å². The minimum absolute atomic E-state index is 0.0435. The molecule has 1 aromatic carbocycles. The minimum atomic E-state index is -0.220. The molecule has 2 aliphatic rings. The standard InChI is InChI=1S/C24H30N4O3S/c1-17-9-6-8-13-27(17)16-18-15-25-24(32-18)26-21(29)12-3-2-7-14-28-22(30)19-10-4-5-11-20(19)23(28)31/h4-5,10-11,15,17H,2-3,6-9,12-14,16H2,1H3,(H,25,26,29). The van der Waals surface area contributed by atoms with Crippen molar-refractivity contribution in [1.29, 1.82) is 0 Å². The molecule has 7 nitrogen and oxygen atoms in total. The molecule has 1 saturated heterocycles. The fraction of sp³-hybridized carbons (Fsp3) is 0.500. The van der Waals surface area contributed by atoms with Crippen molar-refractivity contribution in [3.05, 3.63) is 46.5 Å². The van der Waals surface area contributed by atoms with E-state index in [1.165, 1.54) is 29.0 Å². The van der Waals surface area contributed by atoms with Gasteiger partial charge in [-0.15, -0.1) is 11.3 Å². The highest BCUT2D eigenvalue weighted by molar-refractivity contribution is 7.15. The largest absolute Gasteiger partial charge is 0.302 e. The summed E-state index contributed by atoms with van der Waals surface area (Å²) in [7, 11) is 0. The van der Waals surface area contributed by atoms with Crippen molar-refractivity contribution in [2.75, 3.05) is 18.4 Å². The molecule has 170 valence electrons. The Balaban J connectivity index is 1.15. The van der Waals surface area contributed by atoms with Crippen LogP contribution >= 0.6 is 11.3 Å². The van der Waals surface area contributed by atoms with Gasteiger partial charge in [-0.25, -0.2) is 4.98 Å². The van der Waals surface area contributed by atoms with Crippen molar-refractivity contribution < 1.29 is 14.4 Å². The van der Waals surface area contributed by atoms with Crippen LogP contribution in [-0.2, 0) is 11.3 Å². The van der Waals surface area contributed by atoms with Crippen molar-refractivity contribution in [2.45, 2.75) is 64.5 Å². The lowest BCUT2D eigenvalue weighted by atomic mass is 10.0. The molecule has 0 radical (unpaired) electrons. The SMILES string of the molecule is CC1CCCCN1Cc1cnc(NC(=O)CCCCCN2C(=O)c3ccccc3C2=O)s1. The number of nitrogens with zero attached hydrogens (tertiary/aromatic N) is 3. The van der Waals surface area contributed by atoms with Crippen LogP contribution in [0.25, 0.3) is 0 Å². The lowest BCUT2D eigenvalue weighted by Gasteiger charge is -2.32. The molecule has 1 fully saturated rings. The number of nitrogens with one attached hydrogen (secondary N) is 1. The Morgan fingerprint density at radius 3 is 2.59 bits per heavy atom. The van der Waals surface area contributed by atoms with E-state index < -0.39 is 0 Å². The Labute approximate surface area is 192 Å². The van der Waals surface area contributed by atoms with E-state index in [9.17, 15) is 14.4 Å². The molecular weight excluding hydrogens is 424 g/mol. The summed E-state index contributed by atoms with van der Waals surface area (Å²) in [5, 5.41) is 3.55. The number of thiazole rings is 1. The number of unbranched alkanes of at least 4 members (excludes halogenated alkanes) is 2. The third kappa shape index (κ3) is 5.24. The van der Waals surface area contributed by atoms with Crippen LogP contribution in [0.4, 0.5) is 5.13 Å². The number of anilines is 1. The van der Waals surface area contributed by atoms with Gasteiger partial charge in [0.05, 0.1) is 11.1 Å². The first-order valence-electron chi connectivity index (χ1n) is 11.5. The maximum absolute atomic E-state index is 12.4. The van der Waals surface area contributed by atoms with Crippen LogP contribution in [0.2, 0.25) is 0 Å². The van der Waals surface area contributed by atoms with Gasteiger partial charge in [0, 0.05) is 36.6 Å². The molecule has 2 aliphatic heterocycles. The molecule has 0 bridgehead atoms. The molecule has 3 heterocycles. The van der Waals surface area contributed by atoms with Gasteiger partial charge in [-0.2, -0.15) is 0 Å². The van der Waals surface area contributed by atoms with Gasteiger partial charge in [0.2, 0.25) is 5.91 Å². The van der Waals surface area contributed by atoms with E-state index in [4.69, 9.17) is 0 Å². The molecule has 1 aromatic heterocycles. The van der Waals surface area contributed by atoms with Crippen LogP contribution in [0, 0.1) is 0 Å². The number of imide groups is 1. The van der Waals surface area contributed by atoms with Gasteiger partial charge in [0.15, 0.2) is 5.13 Å². The van der Waals surface area contributed by atoms with Gasteiger partial charge >= 0.3 is 0 Å². The molecule has 1 unspecified atom stereocenters. The second-order valence-electron chi connectivity index (χ2n) is 8.61. The van der Waals surface area contributed by atoms with Crippen molar-refractivity contribution in [3.8, 4) is 0 Å². The first kappa shape index (κ1) is 22.6. The number of likely N-dealkylation sites (tertiary alicyclic amines) is 1. The van der Waals surface area contributed by atoms with Crippen LogP contribution in [0.15, 0.2) is 30.5 Å². The van der Waals surface area contributed by atoms with Crippen molar-refractivity contribution in [2.24, 2.45) is 0 Å². The van der Waals surface area contributed by atoms with Crippen LogP contribution in [0.5, 0.6) is 0 Å². The zero-order valence-corrected chi connectivity index (χ0v) is 19.3. The van der Waals surface area contributed by atoms with Crippen LogP contribution in [0.3, 0.4) is 0 Å². The predicted molar refractivity (Wildman–Crippen MR) is 125 cm³/mol. The maximum atomic E-state index is 12.4. The highest BCUT2D eigenvalue weighted by Gasteiger charge is 2.34. The van der Waals surface area contributed by atoms with E-state index in [2.05, 4.69) is 22.1 Å². The summed E-state index contributed by atoms with van der Waals surface area (Å²) in [6.45, 7) is 4.68. The average Bonchev–Trinajstić information content (AvgIpc) is 3.32. The summed E-state index contributed by atoms with van der Waals surface area (Å²) < 4.78 is 0. The summed E-state index contributed by atoms with van der Waals surface area (Å²) >= 11 is 1.55. The zero-order valence-electron chi connectivity index (χ0n) is 18.5. The maximum Gasteiger partial charge on any atom is 0.261 e. The number of amides is 3. The molecule has 2 aromatic rings. The fourth-order valence-electron chi connectivity index (χ4n) is 4.39. The Hall–Kier alpha value is -2.58. The van der Waals surface area contributed by atoms with E-state index in [-0.39, 0.29) is 17.7 Å². The Kier molecular flexibility index (Phi) is 7.32. The molecule has 1 N–H and O–H groups in total. The number of aromatic nitrogens is 1. The predicted octanol–water partition coefficient (Wildman–Crippen LogP) is 4.31. The lowest BCUT2D eigenvalue weighted by Crippen LogP contribution is -2.36. The molecule has 3 amide bonds. The van der Waals surface area contributed by atoms with E-state index in [1.807, 2.05) is 6.20 Å². The zero-order chi connectivity index (χ0) is 22.5. The number of fused-ring (bicyclic) bond motifs is 1. The number of rotatable bonds is 9.